The SMILES string of the molecule is CC.CCN(CC)C(=O)C[n+]1cccc(C(=O)O)c1. The van der Waals surface area contributed by atoms with Crippen molar-refractivity contribution in [3.8, 4) is 0 Å². The summed E-state index contributed by atoms with van der Waals surface area (Å²) in [4.78, 5) is 24.3. The van der Waals surface area contributed by atoms with E-state index in [0.29, 0.717) is 13.1 Å². The molecule has 0 radical (unpaired) electrons. The van der Waals surface area contributed by atoms with Crippen LogP contribution in [0, 0.1) is 0 Å². The first-order valence-electron chi connectivity index (χ1n) is 6.58. The highest BCUT2D eigenvalue weighted by Gasteiger charge is 2.16. The van der Waals surface area contributed by atoms with Gasteiger partial charge >= 0.3 is 5.97 Å². The van der Waals surface area contributed by atoms with Gasteiger partial charge in [0.25, 0.3) is 5.91 Å². The van der Waals surface area contributed by atoms with Crippen molar-refractivity contribution in [1.82, 2.24) is 4.90 Å². The number of carboxylic acids is 1. The number of carbonyl (C=O) groups excluding carboxylic acids is 1. The molecule has 0 aliphatic rings. The summed E-state index contributed by atoms with van der Waals surface area (Å²) in [5.74, 6) is -1.00. The summed E-state index contributed by atoms with van der Waals surface area (Å²) in [5, 5.41) is 8.84. The molecule has 1 rings (SSSR count). The van der Waals surface area contributed by atoms with Gasteiger partial charge in [0, 0.05) is 19.2 Å². The molecule has 0 unspecified atom stereocenters. The Morgan fingerprint density at radius 1 is 1.26 bits per heavy atom. The molecule has 1 aromatic heterocycles. The summed E-state index contributed by atoms with van der Waals surface area (Å²) >= 11 is 0. The van der Waals surface area contributed by atoms with Gasteiger partial charge in [-0.05, 0) is 19.9 Å². The molecule has 1 heterocycles. The summed E-state index contributed by atoms with van der Waals surface area (Å²) in [7, 11) is 0. The Morgan fingerprint density at radius 2 is 1.84 bits per heavy atom. The van der Waals surface area contributed by atoms with Crippen molar-refractivity contribution in [3.63, 3.8) is 0 Å². The number of aromatic nitrogens is 1. The quantitative estimate of drug-likeness (QED) is 0.824. The lowest BCUT2D eigenvalue weighted by atomic mass is 10.3. The molecule has 0 atom stereocenters. The lowest BCUT2D eigenvalue weighted by Gasteiger charge is -2.16. The molecule has 0 aliphatic carbocycles. The third-order valence-electron chi connectivity index (χ3n) is 2.54. The number of carbonyl (C=O) groups is 2. The van der Waals surface area contributed by atoms with E-state index in [9.17, 15) is 9.59 Å². The molecule has 106 valence electrons. The summed E-state index contributed by atoms with van der Waals surface area (Å²) < 4.78 is 1.59. The molecule has 0 aromatic carbocycles. The maximum Gasteiger partial charge on any atom is 0.341 e. The lowest BCUT2D eigenvalue weighted by Crippen LogP contribution is -2.44. The number of hydrogen-bond acceptors (Lipinski definition) is 2. The molecule has 5 nitrogen and oxygen atoms in total. The van der Waals surface area contributed by atoms with Crippen LogP contribution in [0.25, 0.3) is 0 Å². The number of pyridine rings is 1. The van der Waals surface area contributed by atoms with Crippen LogP contribution in [0.3, 0.4) is 0 Å². The molecule has 5 heteroatoms. The minimum Gasteiger partial charge on any atom is -0.477 e. The molecule has 0 aliphatic heterocycles. The summed E-state index contributed by atoms with van der Waals surface area (Å²) in [6.07, 6.45) is 3.15. The fourth-order valence-electron chi connectivity index (χ4n) is 1.58. The Labute approximate surface area is 114 Å². The van der Waals surface area contributed by atoms with Crippen molar-refractivity contribution in [1.29, 1.82) is 0 Å². The van der Waals surface area contributed by atoms with Gasteiger partial charge in [0.2, 0.25) is 6.54 Å². The largest absolute Gasteiger partial charge is 0.477 e. The third-order valence-corrected chi connectivity index (χ3v) is 2.54. The minimum atomic E-state index is -0.991. The molecule has 0 bridgehead atoms. The van der Waals surface area contributed by atoms with E-state index in [1.807, 2.05) is 27.7 Å². The number of amides is 1. The van der Waals surface area contributed by atoms with E-state index >= 15 is 0 Å². The standard InChI is InChI=1S/C12H16N2O3.C2H6/c1-3-14(4-2)11(15)9-13-7-5-6-10(8-13)12(16)17;1-2/h5-8H,3-4,9H2,1-2H3;1-2H3/p+1. The van der Waals surface area contributed by atoms with Gasteiger partial charge in [0.05, 0.1) is 0 Å². The molecule has 19 heavy (non-hydrogen) atoms. The van der Waals surface area contributed by atoms with E-state index in [4.69, 9.17) is 5.11 Å². The van der Waals surface area contributed by atoms with Crippen LogP contribution in [-0.4, -0.2) is 35.0 Å². The van der Waals surface area contributed by atoms with Crippen LogP contribution in [0.15, 0.2) is 24.5 Å². The second kappa shape index (κ2) is 9.08. The smallest absolute Gasteiger partial charge is 0.341 e. The zero-order chi connectivity index (χ0) is 14.8. The van der Waals surface area contributed by atoms with Crippen LogP contribution in [-0.2, 0) is 11.3 Å². The van der Waals surface area contributed by atoms with Crippen LogP contribution in [0.4, 0.5) is 0 Å². The summed E-state index contributed by atoms with van der Waals surface area (Å²) in [6, 6.07) is 3.12. The molecule has 0 spiro atoms. The van der Waals surface area contributed by atoms with Crippen molar-refractivity contribution < 1.29 is 19.3 Å². The first kappa shape index (κ1) is 17.1. The molecule has 0 saturated carbocycles. The van der Waals surface area contributed by atoms with Crippen molar-refractivity contribution in [3.05, 3.63) is 30.1 Å². The van der Waals surface area contributed by atoms with Gasteiger partial charge in [-0.2, -0.15) is 4.57 Å². The molecule has 1 N–H and O–H groups in total. The zero-order valence-corrected chi connectivity index (χ0v) is 12.1. The van der Waals surface area contributed by atoms with Gasteiger partial charge in [0.15, 0.2) is 12.4 Å². The Morgan fingerprint density at radius 3 is 2.32 bits per heavy atom. The highest BCUT2D eigenvalue weighted by Crippen LogP contribution is 1.95. The van der Waals surface area contributed by atoms with E-state index in [1.165, 1.54) is 12.3 Å². The molecular weight excluding hydrogens is 244 g/mol. The predicted octanol–water partition coefficient (Wildman–Crippen LogP) is 1.57. The van der Waals surface area contributed by atoms with Gasteiger partial charge in [-0.15, -0.1) is 0 Å². The number of carboxylic acid groups (broad SMARTS) is 1. The van der Waals surface area contributed by atoms with Crippen molar-refractivity contribution in [2.24, 2.45) is 0 Å². The second-order valence-corrected chi connectivity index (χ2v) is 3.64. The maximum absolute atomic E-state index is 11.8. The van der Waals surface area contributed by atoms with Crippen LogP contribution in [0.2, 0.25) is 0 Å². The van der Waals surface area contributed by atoms with Gasteiger partial charge in [-0.1, -0.05) is 13.8 Å². The maximum atomic E-state index is 11.8. The topological polar surface area (TPSA) is 61.5 Å². The first-order chi connectivity index (χ1) is 9.08. The minimum absolute atomic E-state index is 0.0115. The average molecular weight is 267 g/mol. The summed E-state index contributed by atoms with van der Waals surface area (Å²) in [5.41, 5.74) is 0.180. The molecular formula is C14H23N2O3+. The monoisotopic (exact) mass is 267 g/mol. The Hall–Kier alpha value is -1.91. The number of likely N-dealkylation sites (N-methyl/N-ethyl adjacent to an activating group) is 1. The third kappa shape index (κ3) is 5.50. The molecule has 0 saturated heterocycles. The number of aromatic carboxylic acids is 1. The second-order valence-electron chi connectivity index (χ2n) is 3.64. The van der Waals surface area contributed by atoms with Gasteiger partial charge in [-0.3, -0.25) is 4.79 Å². The number of hydrogen-bond donors (Lipinski definition) is 1. The highest BCUT2D eigenvalue weighted by molar-refractivity contribution is 5.86. The fourth-order valence-corrected chi connectivity index (χ4v) is 1.58. The Kier molecular flexibility index (Phi) is 8.17. The number of nitrogens with zero attached hydrogens (tertiary/aromatic N) is 2. The zero-order valence-electron chi connectivity index (χ0n) is 12.1. The van der Waals surface area contributed by atoms with E-state index in [1.54, 1.807) is 21.7 Å². The molecule has 0 fully saturated rings. The first-order valence-corrected chi connectivity index (χ1v) is 6.58. The van der Waals surface area contributed by atoms with E-state index in [-0.39, 0.29) is 18.0 Å². The summed E-state index contributed by atoms with van der Waals surface area (Å²) in [6.45, 7) is 9.32. The molecule has 1 amide bonds. The van der Waals surface area contributed by atoms with Crippen molar-refractivity contribution >= 4 is 11.9 Å². The van der Waals surface area contributed by atoms with Gasteiger partial charge in [-0.25, -0.2) is 4.79 Å². The van der Waals surface area contributed by atoms with Crippen LogP contribution < -0.4 is 4.57 Å². The fraction of sp³-hybridized carbons (Fsp3) is 0.500. The van der Waals surface area contributed by atoms with E-state index in [2.05, 4.69) is 0 Å². The highest BCUT2D eigenvalue weighted by atomic mass is 16.4. The van der Waals surface area contributed by atoms with Crippen molar-refractivity contribution in [2.45, 2.75) is 34.2 Å². The van der Waals surface area contributed by atoms with Crippen LogP contribution >= 0.6 is 0 Å². The van der Waals surface area contributed by atoms with Crippen LogP contribution in [0.5, 0.6) is 0 Å². The predicted molar refractivity (Wildman–Crippen MR) is 72.9 cm³/mol. The Bertz CT molecular complexity index is 415. The lowest BCUT2D eigenvalue weighted by molar-refractivity contribution is -0.685. The van der Waals surface area contributed by atoms with Gasteiger partial charge < -0.3 is 10.0 Å². The van der Waals surface area contributed by atoms with Gasteiger partial charge in [0.1, 0.15) is 5.56 Å². The van der Waals surface area contributed by atoms with Crippen molar-refractivity contribution in [2.75, 3.05) is 13.1 Å². The Balaban J connectivity index is 0.00000154. The van der Waals surface area contributed by atoms with E-state index < -0.39 is 5.97 Å². The molecule has 1 aromatic rings. The average Bonchev–Trinajstić information content (AvgIpc) is 2.42. The normalized spacial score (nSPS) is 9.26. The van der Waals surface area contributed by atoms with E-state index in [0.717, 1.165) is 0 Å². The van der Waals surface area contributed by atoms with Crippen LogP contribution in [0.1, 0.15) is 38.1 Å². The number of rotatable bonds is 5.